The van der Waals surface area contributed by atoms with Crippen LogP contribution in [0.15, 0.2) is 48.5 Å². The molecule has 2 aromatic rings. The summed E-state index contributed by atoms with van der Waals surface area (Å²) in [6.45, 7) is 0.115. The van der Waals surface area contributed by atoms with Crippen molar-refractivity contribution >= 4 is 15.7 Å². The first-order valence-electron chi connectivity index (χ1n) is 6.49. The van der Waals surface area contributed by atoms with Crippen molar-refractivity contribution in [2.75, 3.05) is 5.73 Å². The lowest BCUT2D eigenvalue weighted by Gasteiger charge is -2.09. The minimum atomic E-state index is -3.47. The van der Waals surface area contributed by atoms with Gasteiger partial charge in [0, 0.05) is 12.2 Å². The Morgan fingerprint density at radius 1 is 1.05 bits per heavy atom. The standard InChI is InChI=1S/C15H18N2O3S/c16-15-7-2-1-6-14(15)11-21(19,20)17-9-12-4-3-5-13(8-12)10-18/h1-8,17-18H,9-11,16H2. The summed E-state index contributed by atoms with van der Waals surface area (Å²) < 4.78 is 26.7. The van der Waals surface area contributed by atoms with Crippen LogP contribution in [0, 0.1) is 0 Å². The van der Waals surface area contributed by atoms with Gasteiger partial charge < -0.3 is 10.8 Å². The van der Waals surface area contributed by atoms with Crippen molar-refractivity contribution in [3.8, 4) is 0 Å². The molecule has 0 atom stereocenters. The summed E-state index contributed by atoms with van der Waals surface area (Å²) in [4.78, 5) is 0. The number of hydrogen-bond donors (Lipinski definition) is 3. The fourth-order valence-corrected chi connectivity index (χ4v) is 3.11. The molecule has 0 unspecified atom stereocenters. The maximum Gasteiger partial charge on any atom is 0.216 e. The SMILES string of the molecule is Nc1ccccc1CS(=O)(=O)NCc1cccc(CO)c1. The Labute approximate surface area is 124 Å². The van der Waals surface area contributed by atoms with E-state index in [1.165, 1.54) is 0 Å². The molecule has 0 aliphatic carbocycles. The minimum absolute atomic E-state index is 0.0683. The number of aliphatic hydroxyl groups excluding tert-OH is 1. The summed E-state index contributed by atoms with van der Waals surface area (Å²) >= 11 is 0. The highest BCUT2D eigenvalue weighted by molar-refractivity contribution is 7.88. The van der Waals surface area contributed by atoms with Crippen LogP contribution in [0.5, 0.6) is 0 Å². The van der Waals surface area contributed by atoms with Crippen molar-refractivity contribution in [2.45, 2.75) is 18.9 Å². The number of sulfonamides is 1. The molecule has 21 heavy (non-hydrogen) atoms. The third-order valence-corrected chi connectivity index (χ3v) is 4.35. The van der Waals surface area contributed by atoms with Crippen LogP contribution in [-0.2, 0) is 28.9 Å². The Balaban J connectivity index is 2.03. The molecular weight excluding hydrogens is 288 g/mol. The Morgan fingerprint density at radius 2 is 1.76 bits per heavy atom. The Morgan fingerprint density at radius 3 is 2.48 bits per heavy atom. The van der Waals surface area contributed by atoms with Crippen LogP contribution in [0.1, 0.15) is 16.7 Å². The smallest absolute Gasteiger partial charge is 0.216 e. The van der Waals surface area contributed by atoms with E-state index in [0.717, 1.165) is 11.1 Å². The second kappa shape index (κ2) is 6.71. The third-order valence-electron chi connectivity index (χ3n) is 3.07. The Kier molecular flexibility index (Phi) is 4.95. The second-order valence-electron chi connectivity index (χ2n) is 4.76. The maximum atomic E-state index is 12.1. The molecule has 5 nitrogen and oxygen atoms in total. The van der Waals surface area contributed by atoms with Gasteiger partial charge in [-0.2, -0.15) is 0 Å². The zero-order valence-corrected chi connectivity index (χ0v) is 12.3. The molecule has 0 aliphatic heterocycles. The van der Waals surface area contributed by atoms with Crippen LogP contribution >= 0.6 is 0 Å². The van der Waals surface area contributed by atoms with Crippen LogP contribution in [0.3, 0.4) is 0 Å². The molecular formula is C15H18N2O3S. The topological polar surface area (TPSA) is 92.4 Å². The van der Waals surface area contributed by atoms with Gasteiger partial charge in [0.2, 0.25) is 10.0 Å². The first-order chi connectivity index (χ1) is 10.00. The molecule has 4 N–H and O–H groups in total. The number of nitrogen functional groups attached to an aromatic ring is 1. The van der Waals surface area contributed by atoms with Gasteiger partial charge in [0.25, 0.3) is 0 Å². The van der Waals surface area contributed by atoms with Crippen LogP contribution in [0.2, 0.25) is 0 Å². The number of rotatable bonds is 6. The average Bonchev–Trinajstić information content (AvgIpc) is 2.48. The zero-order chi connectivity index (χ0) is 15.3. The molecule has 0 fully saturated rings. The number of para-hydroxylation sites is 1. The van der Waals surface area contributed by atoms with Crippen molar-refractivity contribution in [3.63, 3.8) is 0 Å². The molecule has 0 spiro atoms. The number of nitrogens with one attached hydrogen (secondary N) is 1. The minimum Gasteiger partial charge on any atom is -0.398 e. The van der Waals surface area contributed by atoms with Crippen molar-refractivity contribution in [3.05, 3.63) is 65.2 Å². The molecule has 0 radical (unpaired) electrons. The highest BCUT2D eigenvalue weighted by atomic mass is 32.2. The van der Waals surface area contributed by atoms with Crippen LogP contribution < -0.4 is 10.5 Å². The molecule has 0 heterocycles. The lowest BCUT2D eigenvalue weighted by molar-refractivity contribution is 0.281. The number of benzene rings is 2. The van der Waals surface area contributed by atoms with Crippen molar-refractivity contribution in [1.82, 2.24) is 4.72 Å². The second-order valence-corrected chi connectivity index (χ2v) is 6.56. The summed E-state index contributed by atoms with van der Waals surface area (Å²) in [5.74, 6) is -0.153. The van der Waals surface area contributed by atoms with E-state index in [9.17, 15) is 8.42 Å². The van der Waals surface area contributed by atoms with Gasteiger partial charge >= 0.3 is 0 Å². The van der Waals surface area contributed by atoms with E-state index in [0.29, 0.717) is 11.3 Å². The normalized spacial score (nSPS) is 11.5. The molecule has 0 saturated carbocycles. The average molecular weight is 306 g/mol. The molecule has 2 rings (SSSR count). The van der Waals surface area contributed by atoms with E-state index >= 15 is 0 Å². The molecule has 0 aliphatic rings. The lowest BCUT2D eigenvalue weighted by atomic mass is 10.1. The predicted molar refractivity (Wildman–Crippen MR) is 82.7 cm³/mol. The van der Waals surface area contributed by atoms with Gasteiger partial charge in [-0.15, -0.1) is 0 Å². The van der Waals surface area contributed by atoms with Crippen LogP contribution in [0.25, 0.3) is 0 Å². The van der Waals surface area contributed by atoms with E-state index < -0.39 is 10.0 Å². The third kappa shape index (κ3) is 4.56. The molecule has 6 heteroatoms. The van der Waals surface area contributed by atoms with Gasteiger partial charge in [-0.3, -0.25) is 0 Å². The van der Waals surface area contributed by atoms with Gasteiger partial charge in [-0.25, -0.2) is 13.1 Å². The molecule has 112 valence electrons. The maximum absolute atomic E-state index is 12.1. The first kappa shape index (κ1) is 15.5. The van der Waals surface area contributed by atoms with Gasteiger partial charge in [0.15, 0.2) is 0 Å². The fourth-order valence-electron chi connectivity index (χ4n) is 1.95. The number of aliphatic hydroxyl groups is 1. The van der Waals surface area contributed by atoms with E-state index in [2.05, 4.69) is 4.72 Å². The van der Waals surface area contributed by atoms with Crippen LogP contribution in [0.4, 0.5) is 5.69 Å². The predicted octanol–water partition coefficient (Wildman–Crippen LogP) is 1.38. The highest BCUT2D eigenvalue weighted by Gasteiger charge is 2.13. The van der Waals surface area contributed by atoms with Crippen molar-refractivity contribution in [1.29, 1.82) is 0 Å². The molecule has 2 aromatic carbocycles. The summed E-state index contributed by atoms with van der Waals surface area (Å²) in [6, 6.07) is 14.0. The largest absolute Gasteiger partial charge is 0.398 e. The molecule has 0 aromatic heterocycles. The van der Waals surface area contributed by atoms with E-state index in [4.69, 9.17) is 10.8 Å². The van der Waals surface area contributed by atoms with E-state index in [1.807, 2.05) is 0 Å². The zero-order valence-electron chi connectivity index (χ0n) is 11.5. The van der Waals surface area contributed by atoms with Gasteiger partial charge in [-0.1, -0.05) is 42.5 Å². The number of nitrogens with two attached hydrogens (primary N) is 1. The van der Waals surface area contributed by atoms with Gasteiger partial charge in [-0.05, 0) is 22.8 Å². The lowest BCUT2D eigenvalue weighted by Crippen LogP contribution is -2.25. The van der Waals surface area contributed by atoms with E-state index in [-0.39, 0.29) is 18.9 Å². The number of anilines is 1. The highest BCUT2D eigenvalue weighted by Crippen LogP contribution is 2.14. The summed E-state index contributed by atoms with van der Waals surface area (Å²) in [7, 11) is -3.47. The Hall–Kier alpha value is -1.89. The molecule has 0 amide bonds. The summed E-state index contributed by atoms with van der Waals surface area (Å²) in [5, 5.41) is 9.06. The van der Waals surface area contributed by atoms with Crippen LogP contribution in [-0.4, -0.2) is 13.5 Å². The fraction of sp³-hybridized carbons (Fsp3) is 0.200. The van der Waals surface area contributed by atoms with Crippen molar-refractivity contribution < 1.29 is 13.5 Å². The van der Waals surface area contributed by atoms with Gasteiger partial charge in [0.1, 0.15) is 0 Å². The summed E-state index contributed by atoms with van der Waals surface area (Å²) in [5.41, 5.74) is 8.34. The Bertz CT molecular complexity index is 714. The molecule has 0 saturated heterocycles. The monoisotopic (exact) mass is 306 g/mol. The number of hydrogen-bond acceptors (Lipinski definition) is 4. The summed E-state index contributed by atoms with van der Waals surface area (Å²) in [6.07, 6.45) is 0. The first-order valence-corrected chi connectivity index (χ1v) is 8.15. The van der Waals surface area contributed by atoms with Crippen molar-refractivity contribution in [2.24, 2.45) is 0 Å². The molecule has 0 bridgehead atoms. The quantitative estimate of drug-likeness (QED) is 0.703. The van der Waals surface area contributed by atoms with E-state index in [1.54, 1.807) is 48.5 Å². The van der Waals surface area contributed by atoms with Gasteiger partial charge in [0.05, 0.1) is 12.4 Å².